The third-order valence-electron chi connectivity index (χ3n) is 5.50. The average Bonchev–Trinajstić information content (AvgIpc) is 3.29. The zero-order chi connectivity index (χ0) is 17.6. The highest BCUT2D eigenvalue weighted by Crippen LogP contribution is 2.52. The number of fused-ring (bicyclic) bond motifs is 5. The molecule has 2 fully saturated rings. The maximum absolute atomic E-state index is 12.6. The first-order valence-electron chi connectivity index (χ1n) is 8.56. The van der Waals surface area contributed by atoms with Crippen LogP contribution in [0.1, 0.15) is 12.8 Å². The van der Waals surface area contributed by atoms with Gasteiger partial charge in [0.1, 0.15) is 5.75 Å². The lowest BCUT2D eigenvalue weighted by atomic mass is 9.85. The van der Waals surface area contributed by atoms with Gasteiger partial charge in [-0.25, -0.2) is 0 Å². The number of benzene rings is 1. The molecule has 25 heavy (non-hydrogen) atoms. The Morgan fingerprint density at radius 1 is 1.12 bits per heavy atom. The second kappa shape index (κ2) is 6.02. The summed E-state index contributed by atoms with van der Waals surface area (Å²) in [5.74, 6) is 0.270. The Labute approximate surface area is 145 Å². The van der Waals surface area contributed by atoms with Gasteiger partial charge in [0.25, 0.3) is 0 Å². The van der Waals surface area contributed by atoms with E-state index < -0.39 is 0 Å². The quantitative estimate of drug-likeness (QED) is 0.655. The molecule has 0 radical (unpaired) electrons. The average molecular weight is 340 g/mol. The molecule has 6 heteroatoms. The van der Waals surface area contributed by atoms with Gasteiger partial charge in [-0.15, -0.1) is 0 Å². The van der Waals surface area contributed by atoms with Crippen LogP contribution < -0.4 is 10.1 Å². The van der Waals surface area contributed by atoms with Crippen molar-refractivity contribution in [1.82, 2.24) is 4.90 Å². The van der Waals surface area contributed by atoms with Crippen LogP contribution in [-0.2, 0) is 14.4 Å². The van der Waals surface area contributed by atoms with Crippen molar-refractivity contribution >= 4 is 23.4 Å². The van der Waals surface area contributed by atoms with E-state index in [1.54, 1.807) is 31.4 Å². The molecule has 1 N–H and O–H groups in total. The minimum Gasteiger partial charge on any atom is -0.497 e. The van der Waals surface area contributed by atoms with E-state index in [4.69, 9.17) is 4.74 Å². The van der Waals surface area contributed by atoms with Crippen LogP contribution in [0.5, 0.6) is 5.75 Å². The maximum atomic E-state index is 12.6. The van der Waals surface area contributed by atoms with Gasteiger partial charge < -0.3 is 10.1 Å². The first-order valence-corrected chi connectivity index (χ1v) is 8.56. The first kappa shape index (κ1) is 15.9. The number of nitrogens with zero attached hydrogens (tertiary/aromatic N) is 1. The van der Waals surface area contributed by atoms with Gasteiger partial charge in [0.05, 0.1) is 18.9 Å². The fourth-order valence-electron chi connectivity index (χ4n) is 4.30. The van der Waals surface area contributed by atoms with E-state index in [0.29, 0.717) is 11.4 Å². The van der Waals surface area contributed by atoms with Gasteiger partial charge in [0.15, 0.2) is 0 Å². The number of nitrogens with one attached hydrogen (secondary N) is 1. The Kier molecular flexibility index (Phi) is 3.82. The Morgan fingerprint density at radius 2 is 1.72 bits per heavy atom. The van der Waals surface area contributed by atoms with Crippen molar-refractivity contribution in [3.8, 4) is 5.75 Å². The molecule has 2 bridgehead atoms. The van der Waals surface area contributed by atoms with Gasteiger partial charge in [-0.3, -0.25) is 19.3 Å². The number of rotatable bonds is 5. The van der Waals surface area contributed by atoms with Crippen molar-refractivity contribution in [2.24, 2.45) is 23.7 Å². The number of hydrogen-bond donors (Lipinski definition) is 1. The summed E-state index contributed by atoms with van der Waals surface area (Å²) in [6.07, 6.45) is 5.15. The molecule has 1 saturated carbocycles. The summed E-state index contributed by atoms with van der Waals surface area (Å²) in [5, 5.41) is 2.77. The lowest BCUT2D eigenvalue weighted by molar-refractivity contribution is -0.140. The molecule has 4 atom stereocenters. The molecule has 1 aromatic carbocycles. The number of imide groups is 1. The van der Waals surface area contributed by atoms with Crippen molar-refractivity contribution in [3.05, 3.63) is 36.4 Å². The molecule has 2 aliphatic carbocycles. The lowest BCUT2D eigenvalue weighted by Crippen LogP contribution is -2.35. The second-order valence-electron chi connectivity index (χ2n) is 6.85. The van der Waals surface area contributed by atoms with E-state index in [0.717, 1.165) is 6.42 Å². The third-order valence-corrected chi connectivity index (χ3v) is 5.50. The zero-order valence-electron chi connectivity index (χ0n) is 14.0. The van der Waals surface area contributed by atoms with E-state index >= 15 is 0 Å². The number of allylic oxidation sites excluding steroid dienone is 2. The van der Waals surface area contributed by atoms with Gasteiger partial charge >= 0.3 is 0 Å². The largest absolute Gasteiger partial charge is 0.497 e. The van der Waals surface area contributed by atoms with E-state index in [2.05, 4.69) is 17.5 Å². The Balaban J connectivity index is 1.34. The van der Waals surface area contributed by atoms with Gasteiger partial charge in [0, 0.05) is 18.7 Å². The predicted molar refractivity (Wildman–Crippen MR) is 90.7 cm³/mol. The number of ether oxygens (including phenoxy) is 1. The van der Waals surface area contributed by atoms with Gasteiger partial charge in [-0.05, 0) is 42.5 Å². The number of anilines is 1. The number of amides is 3. The SMILES string of the molecule is COc1ccc(NC(=O)CCN2C(=O)[C@H]3[C@H](C2=O)[C@H]2C=C[C@H]3C2)cc1. The normalized spacial score (nSPS) is 29.2. The third kappa shape index (κ3) is 2.62. The topological polar surface area (TPSA) is 75.7 Å². The minimum absolute atomic E-state index is 0.103. The molecule has 1 saturated heterocycles. The number of likely N-dealkylation sites (tertiary alicyclic amines) is 1. The van der Waals surface area contributed by atoms with E-state index in [9.17, 15) is 14.4 Å². The summed E-state index contributed by atoms with van der Waals surface area (Å²) in [5.41, 5.74) is 0.656. The smallest absolute Gasteiger partial charge is 0.233 e. The summed E-state index contributed by atoms with van der Waals surface area (Å²) in [4.78, 5) is 38.5. The van der Waals surface area contributed by atoms with Gasteiger partial charge in [0.2, 0.25) is 17.7 Å². The fraction of sp³-hybridized carbons (Fsp3) is 0.421. The Hall–Kier alpha value is -2.63. The number of methoxy groups -OCH3 is 1. The highest BCUT2D eigenvalue weighted by molar-refractivity contribution is 6.06. The minimum atomic E-state index is -0.219. The summed E-state index contributed by atoms with van der Waals surface area (Å²) in [7, 11) is 1.58. The molecule has 0 aromatic heterocycles. The number of carbonyl (C=O) groups is 3. The first-order chi connectivity index (χ1) is 12.1. The van der Waals surface area contributed by atoms with Crippen LogP contribution in [0.15, 0.2) is 36.4 Å². The van der Waals surface area contributed by atoms with E-state index in [1.807, 2.05) is 0 Å². The molecule has 3 aliphatic rings. The Morgan fingerprint density at radius 3 is 2.28 bits per heavy atom. The van der Waals surface area contributed by atoms with Crippen molar-refractivity contribution in [2.45, 2.75) is 12.8 Å². The second-order valence-corrected chi connectivity index (χ2v) is 6.85. The molecule has 130 valence electrons. The van der Waals surface area contributed by atoms with Crippen LogP contribution in [0, 0.1) is 23.7 Å². The summed E-state index contributed by atoms with van der Waals surface area (Å²) >= 11 is 0. The van der Waals surface area contributed by atoms with Crippen LogP contribution in [0.3, 0.4) is 0 Å². The van der Waals surface area contributed by atoms with Gasteiger partial charge in [-0.2, -0.15) is 0 Å². The zero-order valence-corrected chi connectivity index (χ0v) is 14.0. The van der Waals surface area contributed by atoms with Crippen LogP contribution in [0.2, 0.25) is 0 Å². The van der Waals surface area contributed by atoms with E-state index in [1.165, 1.54) is 4.90 Å². The summed E-state index contributed by atoms with van der Waals surface area (Å²) in [6.45, 7) is 0.145. The van der Waals surface area contributed by atoms with E-state index in [-0.39, 0.29) is 54.4 Å². The summed E-state index contributed by atoms with van der Waals surface area (Å²) in [6, 6.07) is 7.01. The van der Waals surface area contributed by atoms with Gasteiger partial charge in [-0.1, -0.05) is 12.2 Å². The van der Waals surface area contributed by atoms with Crippen molar-refractivity contribution in [1.29, 1.82) is 0 Å². The molecule has 3 amide bonds. The monoisotopic (exact) mass is 340 g/mol. The molecule has 1 heterocycles. The molecule has 4 rings (SSSR count). The predicted octanol–water partition coefficient (Wildman–Crippen LogP) is 1.83. The highest BCUT2D eigenvalue weighted by atomic mass is 16.5. The molecular weight excluding hydrogens is 320 g/mol. The van der Waals surface area contributed by atoms with Crippen molar-refractivity contribution in [2.75, 3.05) is 19.0 Å². The van der Waals surface area contributed by atoms with Crippen molar-refractivity contribution in [3.63, 3.8) is 0 Å². The Bertz CT molecular complexity index is 725. The number of carbonyl (C=O) groups excluding carboxylic acids is 3. The van der Waals surface area contributed by atoms with Crippen LogP contribution in [-0.4, -0.2) is 36.3 Å². The number of hydrogen-bond acceptors (Lipinski definition) is 4. The molecule has 0 spiro atoms. The van der Waals surface area contributed by atoms with Crippen molar-refractivity contribution < 1.29 is 19.1 Å². The molecule has 6 nitrogen and oxygen atoms in total. The van der Waals surface area contributed by atoms with Crippen LogP contribution in [0.4, 0.5) is 5.69 Å². The molecule has 1 aliphatic heterocycles. The van der Waals surface area contributed by atoms with Crippen LogP contribution in [0.25, 0.3) is 0 Å². The lowest BCUT2D eigenvalue weighted by Gasteiger charge is -2.17. The standard InChI is InChI=1S/C19H20N2O4/c1-25-14-6-4-13(5-7-14)20-15(22)8-9-21-18(23)16-11-2-3-12(10-11)17(16)19(21)24/h2-7,11-12,16-17H,8-10H2,1H3,(H,20,22)/t11-,12-,16+,17+/m0/s1. The molecule has 0 unspecified atom stereocenters. The molecular formula is C19H20N2O4. The highest BCUT2D eigenvalue weighted by Gasteiger charge is 2.58. The maximum Gasteiger partial charge on any atom is 0.233 e. The molecule has 1 aromatic rings. The van der Waals surface area contributed by atoms with Crippen LogP contribution >= 0.6 is 0 Å². The fourth-order valence-corrected chi connectivity index (χ4v) is 4.30. The summed E-state index contributed by atoms with van der Waals surface area (Å²) < 4.78 is 5.07.